The number of alkyl carbamates (subject to hydrolysis) is 1. The second-order valence-corrected chi connectivity index (χ2v) is 13.8. The predicted octanol–water partition coefficient (Wildman–Crippen LogP) is 6.88. The molecule has 1 N–H and O–H groups in total. The van der Waals surface area contributed by atoms with Gasteiger partial charge in [0.2, 0.25) is 0 Å². The van der Waals surface area contributed by atoms with Gasteiger partial charge in [-0.15, -0.1) is 0 Å². The van der Waals surface area contributed by atoms with Crippen molar-refractivity contribution < 1.29 is 18.7 Å². The fraction of sp³-hybridized carbons (Fsp3) is 0.571. The molecule has 1 saturated carbocycles. The number of halogens is 1. The summed E-state index contributed by atoms with van der Waals surface area (Å²) in [4.78, 5) is 34.6. The fourth-order valence-electron chi connectivity index (χ4n) is 6.91. The number of carbonyl (C=O) groups is 2. The number of ether oxygens (including phenoxy) is 1. The van der Waals surface area contributed by atoms with Gasteiger partial charge in [0.1, 0.15) is 11.4 Å². The van der Waals surface area contributed by atoms with Crippen molar-refractivity contribution in [2.24, 2.45) is 5.92 Å². The summed E-state index contributed by atoms with van der Waals surface area (Å²) < 4.78 is 22.0. The zero-order chi connectivity index (χ0) is 31.6. The lowest BCUT2D eigenvalue weighted by Gasteiger charge is -2.32. The highest BCUT2D eigenvalue weighted by molar-refractivity contribution is 6.01. The summed E-state index contributed by atoms with van der Waals surface area (Å²) >= 11 is 0. The molecule has 2 amide bonds. The number of fused-ring (bicyclic) bond motifs is 1. The van der Waals surface area contributed by atoms with Crippen molar-refractivity contribution in [3.8, 4) is 11.3 Å². The topological polar surface area (TPSA) is 79.2 Å². The summed E-state index contributed by atoms with van der Waals surface area (Å²) in [6, 6.07) is 9.09. The summed E-state index contributed by atoms with van der Waals surface area (Å²) in [6.45, 7) is 15.2. The standard InChI is InChI=1S/C35H48FN5O3/c1-7-40(23(2)3)33(42)31-18-27(36)10-13-30(31)32-17-26(16-29-19-37-22-41(29)32)25-14-15-39(21-25)20-24-8-11-28(12-9-24)38-34(43)44-35(4,5)6/h10,13,16-19,22-25,28H,7-9,11-12,14-15,20-21H2,1-6H3,(H,38,43). The molecule has 3 aromatic rings. The van der Waals surface area contributed by atoms with E-state index in [1.807, 2.05) is 52.1 Å². The van der Waals surface area contributed by atoms with Crippen molar-refractivity contribution in [3.63, 3.8) is 0 Å². The van der Waals surface area contributed by atoms with Gasteiger partial charge in [0.25, 0.3) is 5.91 Å². The van der Waals surface area contributed by atoms with Gasteiger partial charge in [0.05, 0.1) is 29.3 Å². The smallest absolute Gasteiger partial charge is 0.407 e. The second-order valence-electron chi connectivity index (χ2n) is 13.8. The quantitative estimate of drug-likeness (QED) is 0.303. The molecule has 0 bridgehead atoms. The number of likely N-dealkylation sites (tertiary alicyclic amines) is 1. The van der Waals surface area contributed by atoms with Crippen LogP contribution in [0.2, 0.25) is 0 Å². The van der Waals surface area contributed by atoms with Crippen LogP contribution in [0, 0.1) is 11.7 Å². The van der Waals surface area contributed by atoms with E-state index in [2.05, 4.69) is 27.3 Å². The minimum Gasteiger partial charge on any atom is -0.444 e. The molecule has 1 saturated heterocycles. The molecule has 1 aliphatic heterocycles. The van der Waals surface area contributed by atoms with Crippen LogP contribution >= 0.6 is 0 Å². The molecule has 2 aliphatic rings. The number of aromatic nitrogens is 2. The molecular formula is C35H48FN5O3. The maximum absolute atomic E-state index is 14.5. The van der Waals surface area contributed by atoms with E-state index in [-0.39, 0.29) is 24.1 Å². The SMILES string of the molecule is CCN(C(=O)c1cc(F)ccc1-c1cc(C2CCN(CC3CCC(NC(=O)OC(C)(C)C)CC3)C2)cc2cncn12)C(C)C. The van der Waals surface area contributed by atoms with Gasteiger partial charge in [-0.1, -0.05) is 0 Å². The van der Waals surface area contributed by atoms with Crippen LogP contribution in [-0.4, -0.2) is 75.0 Å². The summed E-state index contributed by atoms with van der Waals surface area (Å²) in [5.41, 5.74) is 3.64. The third kappa shape index (κ3) is 7.42. The molecule has 0 spiro atoms. The second kappa shape index (κ2) is 13.3. The molecule has 3 heterocycles. The normalized spacial score (nSPS) is 21.1. The highest BCUT2D eigenvalue weighted by atomic mass is 19.1. The minimum absolute atomic E-state index is 0.00368. The Kier molecular flexibility index (Phi) is 9.63. The summed E-state index contributed by atoms with van der Waals surface area (Å²) in [5.74, 6) is 0.393. The van der Waals surface area contributed by atoms with Crippen molar-refractivity contribution in [2.75, 3.05) is 26.2 Å². The molecule has 8 nitrogen and oxygen atoms in total. The summed E-state index contributed by atoms with van der Waals surface area (Å²) in [5, 5.41) is 3.05. The molecule has 238 valence electrons. The largest absolute Gasteiger partial charge is 0.444 e. The minimum atomic E-state index is -0.486. The van der Waals surface area contributed by atoms with Crippen LogP contribution in [0.1, 0.15) is 95.5 Å². The Labute approximate surface area is 261 Å². The summed E-state index contributed by atoms with van der Waals surface area (Å²) in [7, 11) is 0. The molecule has 1 unspecified atom stereocenters. The molecule has 2 aromatic heterocycles. The van der Waals surface area contributed by atoms with Crippen LogP contribution in [0.15, 0.2) is 42.9 Å². The predicted molar refractivity (Wildman–Crippen MR) is 171 cm³/mol. The maximum Gasteiger partial charge on any atom is 0.407 e. The first-order valence-corrected chi connectivity index (χ1v) is 16.2. The first-order valence-electron chi connectivity index (χ1n) is 16.2. The Hall–Kier alpha value is -3.46. The van der Waals surface area contributed by atoms with Crippen LogP contribution in [-0.2, 0) is 4.74 Å². The van der Waals surface area contributed by atoms with E-state index in [0.717, 1.165) is 62.9 Å². The molecule has 2 fully saturated rings. The van der Waals surface area contributed by atoms with E-state index in [1.165, 1.54) is 17.7 Å². The monoisotopic (exact) mass is 605 g/mol. The van der Waals surface area contributed by atoms with Gasteiger partial charge in [-0.2, -0.15) is 0 Å². The lowest BCUT2D eigenvalue weighted by atomic mass is 9.85. The average Bonchev–Trinajstić information content (AvgIpc) is 3.62. The zero-order valence-corrected chi connectivity index (χ0v) is 27.1. The molecule has 1 aliphatic carbocycles. The number of hydrogen-bond donors (Lipinski definition) is 1. The van der Waals surface area contributed by atoms with Crippen LogP contribution < -0.4 is 5.32 Å². The molecule has 0 radical (unpaired) electrons. The lowest BCUT2D eigenvalue weighted by Crippen LogP contribution is -2.42. The van der Waals surface area contributed by atoms with Crippen LogP contribution in [0.3, 0.4) is 0 Å². The molecule has 9 heteroatoms. The van der Waals surface area contributed by atoms with Gasteiger partial charge in [0.15, 0.2) is 0 Å². The van der Waals surface area contributed by atoms with Gasteiger partial charge in [-0.05, 0) is 128 Å². The highest BCUT2D eigenvalue weighted by Gasteiger charge is 2.30. The molecule has 5 rings (SSSR count). The van der Waals surface area contributed by atoms with Crippen molar-refractivity contribution in [1.29, 1.82) is 0 Å². The van der Waals surface area contributed by atoms with E-state index >= 15 is 0 Å². The molecular weight excluding hydrogens is 557 g/mol. The highest BCUT2D eigenvalue weighted by Crippen LogP contribution is 2.35. The Balaban J connectivity index is 1.29. The Morgan fingerprint density at radius 2 is 1.86 bits per heavy atom. The van der Waals surface area contributed by atoms with Crippen molar-refractivity contribution in [1.82, 2.24) is 24.5 Å². The first-order chi connectivity index (χ1) is 20.9. The average molecular weight is 606 g/mol. The van der Waals surface area contributed by atoms with Crippen molar-refractivity contribution in [3.05, 3.63) is 59.8 Å². The van der Waals surface area contributed by atoms with E-state index in [1.54, 1.807) is 17.3 Å². The number of amides is 2. The number of benzene rings is 1. The Morgan fingerprint density at radius 1 is 1.11 bits per heavy atom. The Morgan fingerprint density at radius 3 is 2.55 bits per heavy atom. The van der Waals surface area contributed by atoms with E-state index in [4.69, 9.17) is 4.74 Å². The molecule has 1 aromatic carbocycles. The van der Waals surface area contributed by atoms with Crippen LogP contribution in [0.5, 0.6) is 0 Å². The van der Waals surface area contributed by atoms with Gasteiger partial charge < -0.3 is 19.9 Å². The molecule has 44 heavy (non-hydrogen) atoms. The Bertz CT molecular complexity index is 1470. The lowest BCUT2D eigenvalue weighted by molar-refractivity contribution is 0.0484. The zero-order valence-electron chi connectivity index (χ0n) is 27.1. The van der Waals surface area contributed by atoms with E-state index in [0.29, 0.717) is 29.5 Å². The van der Waals surface area contributed by atoms with E-state index < -0.39 is 11.4 Å². The van der Waals surface area contributed by atoms with E-state index in [9.17, 15) is 14.0 Å². The number of carbonyl (C=O) groups excluding carboxylic acids is 2. The number of pyridine rings is 1. The van der Waals surface area contributed by atoms with Gasteiger partial charge in [-0.25, -0.2) is 14.2 Å². The fourth-order valence-corrected chi connectivity index (χ4v) is 6.91. The van der Waals surface area contributed by atoms with Crippen molar-refractivity contribution >= 4 is 17.5 Å². The number of imidazole rings is 1. The third-order valence-corrected chi connectivity index (χ3v) is 9.09. The number of hydrogen-bond acceptors (Lipinski definition) is 5. The van der Waals surface area contributed by atoms with Crippen LogP contribution in [0.4, 0.5) is 9.18 Å². The number of nitrogens with zero attached hydrogens (tertiary/aromatic N) is 4. The van der Waals surface area contributed by atoms with Gasteiger partial charge in [-0.3, -0.25) is 9.20 Å². The third-order valence-electron chi connectivity index (χ3n) is 9.09. The van der Waals surface area contributed by atoms with Crippen LogP contribution in [0.25, 0.3) is 16.8 Å². The molecule has 1 atom stereocenters. The summed E-state index contributed by atoms with van der Waals surface area (Å²) in [6.07, 6.45) is 8.51. The van der Waals surface area contributed by atoms with Gasteiger partial charge in [0, 0.05) is 37.3 Å². The maximum atomic E-state index is 14.5. The number of nitrogens with one attached hydrogen (secondary N) is 1. The van der Waals surface area contributed by atoms with Gasteiger partial charge >= 0.3 is 6.09 Å². The van der Waals surface area contributed by atoms with Crippen molar-refractivity contribution in [2.45, 2.75) is 97.2 Å². The first kappa shape index (κ1) is 31.9. The number of rotatable bonds is 8.